The van der Waals surface area contributed by atoms with Gasteiger partial charge in [-0.1, -0.05) is 87.2 Å². The molecule has 0 aliphatic heterocycles. The third-order valence-corrected chi connectivity index (χ3v) is 6.26. The fourth-order valence-electron chi connectivity index (χ4n) is 4.01. The molecule has 3 aromatic carbocycles. The summed E-state index contributed by atoms with van der Waals surface area (Å²) >= 11 is 0. The number of rotatable bonds is 13. The smallest absolute Gasteiger partial charge is 0.330 e. The number of carbonyl (C=O) groups is 2. The number of ether oxygens (including phenoxy) is 2. The van der Waals surface area contributed by atoms with Crippen molar-refractivity contribution < 1.29 is 19.1 Å². The summed E-state index contributed by atoms with van der Waals surface area (Å²) in [4.78, 5) is 26.0. The van der Waals surface area contributed by atoms with Crippen molar-refractivity contribution in [3.05, 3.63) is 90.0 Å². The highest BCUT2D eigenvalue weighted by atomic mass is 16.5. The summed E-state index contributed by atoms with van der Waals surface area (Å²) in [5.74, 6) is 0.257. The van der Waals surface area contributed by atoms with E-state index in [9.17, 15) is 9.59 Å². The van der Waals surface area contributed by atoms with Gasteiger partial charge in [0, 0.05) is 30.9 Å². The first-order chi connectivity index (χ1) is 18.5. The summed E-state index contributed by atoms with van der Waals surface area (Å²) in [5, 5.41) is 3.02. The predicted molar refractivity (Wildman–Crippen MR) is 154 cm³/mol. The van der Waals surface area contributed by atoms with E-state index in [1.54, 1.807) is 18.0 Å². The Morgan fingerprint density at radius 1 is 0.921 bits per heavy atom. The molecular weight excluding hydrogens is 476 g/mol. The molecule has 6 nitrogen and oxygen atoms in total. The van der Waals surface area contributed by atoms with Gasteiger partial charge in [0.15, 0.2) is 0 Å². The average molecular weight is 515 g/mol. The van der Waals surface area contributed by atoms with E-state index in [1.165, 1.54) is 32.4 Å². The Hall–Kier alpha value is -4.06. The first-order valence-electron chi connectivity index (χ1n) is 13.2. The molecule has 0 fully saturated rings. The number of hydrogen-bond donors (Lipinski definition) is 1. The van der Waals surface area contributed by atoms with Gasteiger partial charge in [0.1, 0.15) is 12.4 Å². The monoisotopic (exact) mass is 514 g/mol. The van der Waals surface area contributed by atoms with Crippen molar-refractivity contribution in [2.75, 3.05) is 25.6 Å². The van der Waals surface area contributed by atoms with Gasteiger partial charge in [-0.25, -0.2) is 9.59 Å². The van der Waals surface area contributed by atoms with Crippen molar-refractivity contribution in [1.29, 1.82) is 0 Å². The normalized spacial score (nSPS) is 10.8. The summed E-state index contributed by atoms with van der Waals surface area (Å²) in [7, 11) is 3.13. The van der Waals surface area contributed by atoms with Crippen molar-refractivity contribution in [2.24, 2.45) is 0 Å². The Labute approximate surface area is 226 Å². The molecule has 0 unspecified atom stereocenters. The third-order valence-electron chi connectivity index (χ3n) is 6.26. The first kappa shape index (κ1) is 28.5. The van der Waals surface area contributed by atoms with E-state index in [1.807, 2.05) is 72.8 Å². The number of benzene rings is 3. The maximum absolute atomic E-state index is 12.7. The zero-order chi connectivity index (χ0) is 27.2. The quantitative estimate of drug-likeness (QED) is 0.148. The fourth-order valence-corrected chi connectivity index (χ4v) is 4.01. The fraction of sp³-hybridized carbons (Fsp3) is 0.312. The molecule has 200 valence electrons. The van der Waals surface area contributed by atoms with Gasteiger partial charge in [-0.15, -0.1) is 0 Å². The molecule has 0 aliphatic carbocycles. The molecule has 2 amide bonds. The molecule has 0 spiro atoms. The van der Waals surface area contributed by atoms with Gasteiger partial charge in [0.25, 0.3) is 0 Å². The number of nitrogens with one attached hydrogen (secondary N) is 1. The van der Waals surface area contributed by atoms with Gasteiger partial charge in [-0.05, 0) is 47.4 Å². The van der Waals surface area contributed by atoms with Gasteiger partial charge in [0.2, 0.25) is 0 Å². The largest absolute Gasteiger partial charge is 0.488 e. The summed E-state index contributed by atoms with van der Waals surface area (Å²) in [6.45, 7) is 3.27. The van der Waals surface area contributed by atoms with E-state index in [-0.39, 0.29) is 6.03 Å². The van der Waals surface area contributed by atoms with E-state index >= 15 is 0 Å². The molecule has 3 rings (SSSR count). The molecule has 38 heavy (non-hydrogen) atoms. The van der Waals surface area contributed by atoms with E-state index in [4.69, 9.17) is 9.47 Å². The zero-order valence-corrected chi connectivity index (χ0v) is 22.6. The van der Waals surface area contributed by atoms with Crippen LogP contribution in [0.2, 0.25) is 0 Å². The molecule has 3 aromatic rings. The van der Waals surface area contributed by atoms with Crippen LogP contribution in [0.1, 0.15) is 50.2 Å². The molecular formula is C32H38N2O4. The Balaban J connectivity index is 1.79. The van der Waals surface area contributed by atoms with E-state index in [2.05, 4.69) is 12.2 Å². The van der Waals surface area contributed by atoms with Gasteiger partial charge >= 0.3 is 12.0 Å². The van der Waals surface area contributed by atoms with Crippen LogP contribution in [0, 0.1) is 0 Å². The second-order valence-corrected chi connectivity index (χ2v) is 9.14. The van der Waals surface area contributed by atoms with E-state index in [0.29, 0.717) is 18.9 Å². The number of carbonyl (C=O) groups excluding carboxylic acids is 2. The number of amides is 2. The summed E-state index contributed by atoms with van der Waals surface area (Å²) in [6.07, 6.45) is 8.84. The standard InChI is InChI=1S/C32H38N2O4/c1-4-5-6-7-11-21-33-32(36)34(2)28-16-12-15-27(23-28)29-19-17-25(18-20-31(35)37-3)22-30(29)38-24-26-13-9-8-10-14-26/h8-10,12-20,22-23H,4-7,11,21,24H2,1-3H3,(H,33,36)/b20-18+. The number of anilines is 1. The van der Waals surface area contributed by atoms with Crippen LogP contribution in [-0.4, -0.2) is 32.7 Å². The molecule has 0 radical (unpaired) electrons. The van der Waals surface area contributed by atoms with Crippen molar-refractivity contribution in [1.82, 2.24) is 5.32 Å². The zero-order valence-electron chi connectivity index (χ0n) is 22.6. The summed E-state index contributed by atoms with van der Waals surface area (Å²) in [5.41, 5.74) is 4.47. The van der Waals surface area contributed by atoms with Crippen LogP contribution in [0.4, 0.5) is 10.5 Å². The van der Waals surface area contributed by atoms with Crippen LogP contribution in [0.3, 0.4) is 0 Å². The van der Waals surface area contributed by atoms with Crippen molar-refractivity contribution in [3.8, 4) is 16.9 Å². The first-order valence-corrected chi connectivity index (χ1v) is 13.2. The second-order valence-electron chi connectivity index (χ2n) is 9.14. The predicted octanol–water partition coefficient (Wildman–Crippen LogP) is 7.24. The molecule has 0 atom stereocenters. The molecule has 0 heterocycles. The number of urea groups is 1. The van der Waals surface area contributed by atoms with Crippen LogP contribution in [0.5, 0.6) is 5.75 Å². The Morgan fingerprint density at radius 2 is 1.71 bits per heavy atom. The molecule has 0 saturated heterocycles. The van der Waals surface area contributed by atoms with Crippen LogP contribution in [-0.2, 0) is 16.1 Å². The Kier molecular flexibility index (Phi) is 11.4. The molecule has 0 aliphatic rings. The van der Waals surface area contributed by atoms with E-state index < -0.39 is 5.97 Å². The number of hydrogen-bond acceptors (Lipinski definition) is 4. The Bertz CT molecular complexity index is 1210. The number of nitrogens with zero attached hydrogens (tertiary/aromatic N) is 1. The van der Waals surface area contributed by atoms with Gasteiger partial charge in [0.05, 0.1) is 7.11 Å². The lowest BCUT2D eigenvalue weighted by molar-refractivity contribution is -0.134. The molecule has 0 aromatic heterocycles. The third kappa shape index (κ3) is 8.80. The maximum atomic E-state index is 12.7. The highest BCUT2D eigenvalue weighted by molar-refractivity contribution is 5.92. The minimum atomic E-state index is -0.421. The maximum Gasteiger partial charge on any atom is 0.330 e. The number of unbranched alkanes of at least 4 members (excludes halogenated alkanes) is 4. The number of methoxy groups -OCH3 is 1. The minimum absolute atomic E-state index is 0.124. The topological polar surface area (TPSA) is 67.9 Å². The lowest BCUT2D eigenvalue weighted by atomic mass is 10.0. The minimum Gasteiger partial charge on any atom is -0.488 e. The van der Waals surface area contributed by atoms with Crippen molar-refractivity contribution in [2.45, 2.75) is 45.6 Å². The Morgan fingerprint density at radius 3 is 2.47 bits per heavy atom. The molecule has 1 N–H and O–H groups in total. The average Bonchev–Trinajstić information content (AvgIpc) is 2.96. The van der Waals surface area contributed by atoms with Crippen LogP contribution < -0.4 is 15.0 Å². The van der Waals surface area contributed by atoms with Gasteiger partial charge < -0.3 is 14.8 Å². The SMILES string of the molecule is CCCCCCCNC(=O)N(C)c1cccc(-c2ccc(/C=C/C(=O)OC)cc2OCc2ccccc2)c1. The molecule has 6 heteroatoms. The van der Waals surface area contributed by atoms with Gasteiger partial charge in [-0.2, -0.15) is 0 Å². The van der Waals surface area contributed by atoms with Crippen LogP contribution >= 0.6 is 0 Å². The summed E-state index contributed by atoms with van der Waals surface area (Å²) < 4.78 is 11.0. The van der Waals surface area contributed by atoms with Crippen LogP contribution in [0.25, 0.3) is 17.2 Å². The highest BCUT2D eigenvalue weighted by Crippen LogP contribution is 2.34. The lowest BCUT2D eigenvalue weighted by Gasteiger charge is -2.20. The van der Waals surface area contributed by atoms with Crippen molar-refractivity contribution >= 4 is 23.8 Å². The molecule has 0 bridgehead atoms. The molecule has 0 saturated carbocycles. The van der Waals surface area contributed by atoms with Crippen molar-refractivity contribution in [3.63, 3.8) is 0 Å². The lowest BCUT2D eigenvalue weighted by Crippen LogP contribution is -2.37. The van der Waals surface area contributed by atoms with Crippen LogP contribution in [0.15, 0.2) is 78.9 Å². The van der Waals surface area contributed by atoms with E-state index in [0.717, 1.165) is 40.8 Å². The second kappa shape index (κ2) is 15.3. The number of esters is 1. The summed E-state index contributed by atoms with van der Waals surface area (Å²) in [6, 6.07) is 23.4. The van der Waals surface area contributed by atoms with Gasteiger partial charge in [-0.3, -0.25) is 4.90 Å². The highest BCUT2D eigenvalue weighted by Gasteiger charge is 2.13.